The molecule has 1 N–H and O–H groups in total. The summed E-state index contributed by atoms with van der Waals surface area (Å²) < 4.78 is 31.4. The van der Waals surface area contributed by atoms with Gasteiger partial charge < -0.3 is 5.11 Å². The predicted octanol–water partition coefficient (Wildman–Crippen LogP) is 4.65. The van der Waals surface area contributed by atoms with E-state index in [0.29, 0.717) is 42.8 Å². The van der Waals surface area contributed by atoms with Gasteiger partial charge in [0.05, 0.1) is 17.1 Å². The fraction of sp³-hybridized carbons (Fsp3) is 0.731. The number of rotatable bonds is 3. The first-order chi connectivity index (χ1) is 15.0. The van der Waals surface area contributed by atoms with E-state index in [9.17, 15) is 18.3 Å². The summed E-state index contributed by atoms with van der Waals surface area (Å²) in [6, 6.07) is 6.81. The molecule has 8 atom stereocenters. The first kappa shape index (κ1) is 22.5. The van der Waals surface area contributed by atoms with E-state index in [2.05, 4.69) is 13.8 Å². The quantitative estimate of drug-likeness (QED) is 0.664. The van der Waals surface area contributed by atoms with Crippen molar-refractivity contribution in [2.24, 2.45) is 34.5 Å². The molecule has 4 fully saturated rings. The van der Waals surface area contributed by atoms with Crippen molar-refractivity contribution in [2.45, 2.75) is 89.2 Å². The highest BCUT2D eigenvalue weighted by atomic mass is 32.2. The van der Waals surface area contributed by atoms with E-state index in [4.69, 9.17) is 4.18 Å². The molecule has 0 saturated heterocycles. The van der Waals surface area contributed by atoms with Crippen LogP contribution in [-0.2, 0) is 19.1 Å². The van der Waals surface area contributed by atoms with Gasteiger partial charge in [-0.1, -0.05) is 31.5 Å². The summed E-state index contributed by atoms with van der Waals surface area (Å²) in [4.78, 5) is 12.9. The van der Waals surface area contributed by atoms with Crippen LogP contribution in [0, 0.1) is 41.4 Å². The van der Waals surface area contributed by atoms with Gasteiger partial charge in [-0.25, -0.2) is 0 Å². The monoisotopic (exact) mass is 460 g/mol. The minimum absolute atomic E-state index is 0.0250. The largest absolute Gasteiger partial charge is 0.393 e. The first-order valence-electron chi connectivity index (χ1n) is 12.3. The molecule has 0 bridgehead atoms. The summed E-state index contributed by atoms with van der Waals surface area (Å²) >= 11 is 0. The third-order valence-corrected chi connectivity index (χ3v) is 11.2. The molecule has 0 aliphatic heterocycles. The molecule has 1 aromatic carbocycles. The number of aliphatic hydroxyl groups is 1. The Kier molecular flexibility index (Phi) is 5.38. The average molecular weight is 461 g/mol. The summed E-state index contributed by atoms with van der Waals surface area (Å²) in [5.41, 5.74) is 0.634. The SMILES string of the molecule is Cc1ccc(S(=O)(=O)OC2CCC3(C)C(CCC4C5CCC(=O)C5(C)CC(O)C43)C2)cc1. The normalized spacial score (nSPS) is 43.9. The Morgan fingerprint density at radius 3 is 2.50 bits per heavy atom. The zero-order valence-corrected chi connectivity index (χ0v) is 20.2. The summed E-state index contributed by atoms with van der Waals surface area (Å²) in [6.45, 7) is 6.32. The van der Waals surface area contributed by atoms with Gasteiger partial charge in [0.25, 0.3) is 10.1 Å². The van der Waals surface area contributed by atoms with Gasteiger partial charge in [-0.2, -0.15) is 8.42 Å². The molecule has 4 aliphatic carbocycles. The number of hydrogen-bond acceptors (Lipinski definition) is 5. The molecular formula is C26H36O5S. The van der Waals surface area contributed by atoms with Gasteiger partial charge in [0.1, 0.15) is 5.78 Å². The Balaban J connectivity index is 1.33. The van der Waals surface area contributed by atoms with E-state index in [1.807, 2.05) is 6.92 Å². The van der Waals surface area contributed by atoms with Gasteiger partial charge in [-0.05, 0) is 93.1 Å². The number of aliphatic hydroxyl groups excluding tert-OH is 1. The van der Waals surface area contributed by atoms with E-state index in [1.165, 1.54) is 0 Å². The fourth-order valence-electron chi connectivity index (χ4n) is 8.14. The molecule has 1 aromatic rings. The van der Waals surface area contributed by atoms with Crippen molar-refractivity contribution < 1.29 is 22.5 Å². The van der Waals surface area contributed by atoms with Crippen LogP contribution >= 0.6 is 0 Å². The molecule has 32 heavy (non-hydrogen) atoms. The smallest absolute Gasteiger partial charge is 0.297 e. The third-order valence-electron chi connectivity index (χ3n) is 9.83. The highest BCUT2D eigenvalue weighted by Gasteiger charge is 2.63. The molecule has 8 unspecified atom stereocenters. The molecule has 0 heterocycles. The second kappa shape index (κ2) is 7.64. The number of Topliss-reactive ketones (excluding diaryl/α,β-unsaturated/α-hetero) is 1. The summed E-state index contributed by atoms with van der Waals surface area (Å²) in [7, 11) is -3.78. The highest BCUT2D eigenvalue weighted by molar-refractivity contribution is 7.86. The van der Waals surface area contributed by atoms with E-state index < -0.39 is 16.2 Å². The molecule has 0 radical (unpaired) electrons. The fourth-order valence-corrected chi connectivity index (χ4v) is 9.26. The van der Waals surface area contributed by atoms with E-state index >= 15 is 0 Å². The molecule has 0 amide bonds. The molecule has 4 saturated carbocycles. The number of benzene rings is 1. The number of carbonyl (C=O) groups is 1. The average Bonchev–Trinajstić information content (AvgIpc) is 3.02. The third kappa shape index (κ3) is 3.40. The van der Waals surface area contributed by atoms with Gasteiger partial charge in [0, 0.05) is 11.8 Å². The van der Waals surface area contributed by atoms with Crippen molar-refractivity contribution in [2.75, 3.05) is 0 Å². The standard InChI is InChI=1S/C26H36O5S/c1-16-4-7-19(8-5-16)32(29,30)31-18-12-13-25(2)17(14-18)6-9-20-21-10-11-23(28)26(21,3)15-22(27)24(20)25/h4-5,7-8,17-18,20-22,24,27H,6,9-15H2,1-3H3. The number of carbonyl (C=O) groups excluding carboxylic acids is 1. The van der Waals surface area contributed by atoms with Crippen LogP contribution in [0.4, 0.5) is 0 Å². The van der Waals surface area contributed by atoms with Gasteiger partial charge >= 0.3 is 0 Å². The Morgan fingerprint density at radius 2 is 1.78 bits per heavy atom. The van der Waals surface area contributed by atoms with Crippen LogP contribution in [0.15, 0.2) is 29.2 Å². The van der Waals surface area contributed by atoms with Crippen molar-refractivity contribution in [1.29, 1.82) is 0 Å². The topological polar surface area (TPSA) is 80.7 Å². The lowest BCUT2D eigenvalue weighted by molar-refractivity contribution is -0.174. The number of ketones is 1. The second-order valence-corrected chi connectivity index (χ2v) is 13.1. The van der Waals surface area contributed by atoms with E-state index in [1.54, 1.807) is 24.3 Å². The van der Waals surface area contributed by atoms with Crippen LogP contribution in [0.25, 0.3) is 0 Å². The molecule has 6 heteroatoms. The maximum Gasteiger partial charge on any atom is 0.297 e. The van der Waals surface area contributed by atoms with Gasteiger partial charge in [-0.3, -0.25) is 8.98 Å². The zero-order chi connectivity index (χ0) is 22.9. The molecule has 0 spiro atoms. The van der Waals surface area contributed by atoms with Crippen LogP contribution < -0.4 is 0 Å². The Hall–Kier alpha value is -1.24. The van der Waals surface area contributed by atoms with Crippen molar-refractivity contribution in [3.63, 3.8) is 0 Å². The minimum Gasteiger partial charge on any atom is -0.393 e. The van der Waals surface area contributed by atoms with Gasteiger partial charge in [0.15, 0.2) is 0 Å². The predicted molar refractivity (Wildman–Crippen MR) is 121 cm³/mol. The van der Waals surface area contributed by atoms with E-state index in [0.717, 1.165) is 37.7 Å². The Morgan fingerprint density at radius 1 is 1.06 bits per heavy atom. The van der Waals surface area contributed by atoms with Crippen molar-refractivity contribution in [1.82, 2.24) is 0 Å². The molecule has 176 valence electrons. The molecular weight excluding hydrogens is 424 g/mol. The molecule has 5 nitrogen and oxygen atoms in total. The molecule has 4 aliphatic rings. The number of fused-ring (bicyclic) bond motifs is 5. The van der Waals surface area contributed by atoms with E-state index in [-0.39, 0.29) is 27.7 Å². The summed E-state index contributed by atoms with van der Waals surface area (Å²) in [6.07, 6.45) is 5.76. The van der Waals surface area contributed by atoms with Gasteiger partial charge in [0.2, 0.25) is 0 Å². The Labute approximate surface area is 192 Å². The molecule has 5 rings (SSSR count). The second-order valence-electron chi connectivity index (χ2n) is 11.5. The van der Waals surface area contributed by atoms with Crippen molar-refractivity contribution in [3.05, 3.63) is 29.8 Å². The van der Waals surface area contributed by atoms with Crippen LogP contribution in [0.3, 0.4) is 0 Å². The lowest BCUT2D eigenvalue weighted by Crippen LogP contribution is -2.59. The van der Waals surface area contributed by atoms with Crippen LogP contribution in [-0.4, -0.2) is 31.5 Å². The summed E-state index contributed by atoms with van der Waals surface area (Å²) in [5.74, 6) is 1.65. The molecule has 0 aromatic heterocycles. The van der Waals surface area contributed by atoms with Gasteiger partial charge in [-0.15, -0.1) is 0 Å². The lowest BCUT2D eigenvalue weighted by atomic mass is 9.44. The lowest BCUT2D eigenvalue weighted by Gasteiger charge is -2.61. The number of aryl methyl sites for hydroxylation is 1. The maximum absolute atomic E-state index is 12.8. The van der Waals surface area contributed by atoms with Crippen molar-refractivity contribution >= 4 is 15.9 Å². The highest BCUT2D eigenvalue weighted by Crippen LogP contribution is 2.65. The first-order valence-corrected chi connectivity index (χ1v) is 13.7. The minimum atomic E-state index is -3.78. The maximum atomic E-state index is 12.8. The van der Waals surface area contributed by atoms with Crippen LogP contribution in [0.1, 0.15) is 70.8 Å². The van der Waals surface area contributed by atoms with Crippen LogP contribution in [0.5, 0.6) is 0 Å². The Bertz CT molecular complexity index is 1000. The van der Waals surface area contributed by atoms with Crippen LogP contribution in [0.2, 0.25) is 0 Å². The zero-order valence-electron chi connectivity index (χ0n) is 19.4. The summed E-state index contributed by atoms with van der Waals surface area (Å²) in [5, 5.41) is 11.3. The number of hydrogen-bond donors (Lipinski definition) is 1. The van der Waals surface area contributed by atoms with Crippen molar-refractivity contribution in [3.8, 4) is 0 Å².